The monoisotopic (exact) mass is 392 g/mol. The van der Waals surface area contributed by atoms with Gasteiger partial charge in [0.1, 0.15) is 6.54 Å². The third kappa shape index (κ3) is 3.60. The van der Waals surface area contributed by atoms with Crippen LogP contribution in [0.25, 0.3) is 6.08 Å². The molecule has 0 N–H and O–H groups in total. The topological polar surface area (TPSA) is 57.7 Å². The quantitative estimate of drug-likeness (QED) is 0.749. The van der Waals surface area contributed by atoms with Crippen LogP contribution in [0.2, 0.25) is 0 Å². The first kappa shape index (κ1) is 18.5. The van der Waals surface area contributed by atoms with E-state index in [4.69, 9.17) is 0 Å². The number of imide groups is 1. The van der Waals surface area contributed by atoms with E-state index in [0.717, 1.165) is 39.8 Å². The molecule has 0 saturated carbocycles. The van der Waals surface area contributed by atoms with Crippen LogP contribution in [0.3, 0.4) is 0 Å². The summed E-state index contributed by atoms with van der Waals surface area (Å²) in [5.41, 5.74) is 4.29. The van der Waals surface area contributed by atoms with Crippen molar-refractivity contribution in [1.29, 1.82) is 0 Å². The maximum atomic E-state index is 12.7. The Hall–Kier alpha value is -2.86. The molecule has 2 heterocycles. The van der Waals surface area contributed by atoms with Crippen LogP contribution in [0.15, 0.2) is 53.4 Å². The zero-order valence-electron chi connectivity index (χ0n) is 15.6. The third-order valence-electron chi connectivity index (χ3n) is 5.13. The summed E-state index contributed by atoms with van der Waals surface area (Å²) in [5.74, 6) is -0.599. The number of carbonyl (C=O) groups excluding carboxylic acids is 3. The largest absolute Gasteiger partial charge is 0.336 e. The van der Waals surface area contributed by atoms with Gasteiger partial charge < -0.3 is 4.90 Å². The fourth-order valence-electron chi connectivity index (χ4n) is 3.47. The van der Waals surface area contributed by atoms with E-state index in [2.05, 4.69) is 6.07 Å². The van der Waals surface area contributed by atoms with E-state index in [-0.39, 0.29) is 12.5 Å². The minimum Gasteiger partial charge on any atom is -0.336 e. The second-order valence-corrected chi connectivity index (χ2v) is 7.95. The van der Waals surface area contributed by atoms with Gasteiger partial charge in [-0.1, -0.05) is 48.5 Å². The molecule has 5 nitrogen and oxygen atoms in total. The van der Waals surface area contributed by atoms with Gasteiger partial charge in [-0.2, -0.15) is 0 Å². The fourth-order valence-corrected chi connectivity index (χ4v) is 4.30. The maximum absolute atomic E-state index is 12.7. The molecule has 0 bridgehead atoms. The van der Waals surface area contributed by atoms with Crippen molar-refractivity contribution < 1.29 is 14.4 Å². The molecule has 1 saturated heterocycles. The summed E-state index contributed by atoms with van der Waals surface area (Å²) in [5, 5.41) is -0.393. The first-order valence-corrected chi connectivity index (χ1v) is 10.00. The first-order valence-electron chi connectivity index (χ1n) is 9.18. The van der Waals surface area contributed by atoms with Gasteiger partial charge in [-0.15, -0.1) is 0 Å². The van der Waals surface area contributed by atoms with E-state index in [0.29, 0.717) is 18.0 Å². The number of benzene rings is 2. The average molecular weight is 392 g/mol. The van der Waals surface area contributed by atoms with E-state index in [1.165, 1.54) is 5.56 Å². The maximum Gasteiger partial charge on any atom is 0.294 e. The van der Waals surface area contributed by atoms with Crippen LogP contribution in [-0.2, 0) is 22.6 Å². The van der Waals surface area contributed by atoms with Crippen LogP contribution in [0.4, 0.5) is 4.79 Å². The van der Waals surface area contributed by atoms with Gasteiger partial charge in [-0.3, -0.25) is 19.3 Å². The van der Waals surface area contributed by atoms with E-state index in [1.807, 2.05) is 49.4 Å². The molecule has 6 heteroatoms. The van der Waals surface area contributed by atoms with Crippen molar-refractivity contribution in [3.8, 4) is 0 Å². The molecule has 0 unspecified atom stereocenters. The molecule has 0 spiro atoms. The summed E-state index contributed by atoms with van der Waals surface area (Å²) in [6, 6.07) is 15.7. The van der Waals surface area contributed by atoms with Crippen LogP contribution >= 0.6 is 11.8 Å². The van der Waals surface area contributed by atoms with Crippen molar-refractivity contribution in [2.24, 2.45) is 0 Å². The summed E-state index contributed by atoms with van der Waals surface area (Å²) >= 11 is 0.890. The number of thioether (sulfide) groups is 1. The minimum atomic E-state index is -0.399. The smallest absolute Gasteiger partial charge is 0.294 e. The number of hydrogen-bond acceptors (Lipinski definition) is 4. The summed E-state index contributed by atoms with van der Waals surface area (Å²) in [6.45, 7) is 2.86. The lowest BCUT2D eigenvalue weighted by molar-refractivity contribution is -0.136. The molecule has 142 valence electrons. The molecule has 2 aromatic carbocycles. The Kier molecular flexibility index (Phi) is 5.05. The lowest BCUT2D eigenvalue weighted by Gasteiger charge is -2.29. The number of amides is 3. The average Bonchev–Trinajstić information content (AvgIpc) is 2.96. The van der Waals surface area contributed by atoms with E-state index in [1.54, 1.807) is 11.0 Å². The van der Waals surface area contributed by atoms with E-state index < -0.39 is 11.1 Å². The summed E-state index contributed by atoms with van der Waals surface area (Å²) < 4.78 is 0. The summed E-state index contributed by atoms with van der Waals surface area (Å²) in [4.78, 5) is 40.9. The molecule has 0 aromatic heterocycles. The highest BCUT2D eigenvalue weighted by molar-refractivity contribution is 8.18. The van der Waals surface area contributed by atoms with Crippen LogP contribution in [0, 0.1) is 6.92 Å². The Bertz CT molecular complexity index is 999. The van der Waals surface area contributed by atoms with Crippen molar-refractivity contribution in [3.05, 3.63) is 75.7 Å². The molecule has 2 aromatic rings. The first-order chi connectivity index (χ1) is 13.5. The normalized spacial score (nSPS) is 18.0. The summed E-state index contributed by atoms with van der Waals surface area (Å²) in [6.07, 6.45) is 2.51. The standard InChI is InChI=1S/C22H20N2O3S/c1-15-6-2-3-8-17(15)12-19-21(26)24(22(27)28-19)14-20(25)23-11-10-16-7-4-5-9-18(16)13-23/h2-9,12H,10-11,13-14H2,1H3/b19-12+. The number of hydrogen-bond donors (Lipinski definition) is 0. The minimum absolute atomic E-state index is 0.200. The SMILES string of the molecule is Cc1ccccc1/C=C1/SC(=O)N(CC(=O)N2CCc3ccccc3C2)C1=O. The predicted molar refractivity (Wildman–Crippen MR) is 109 cm³/mol. The van der Waals surface area contributed by atoms with Crippen molar-refractivity contribution in [1.82, 2.24) is 9.80 Å². The molecule has 0 atom stereocenters. The van der Waals surface area contributed by atoms with E-state index in [9.17, 15) is 14.4 Å². The van der Waals surface area contributed by atoms with Crippen LogP contribution in [-0.4, -0.2) is 39.9 Å². The highest BCUT2D eigenvalue weighted by Crippen LogP contribution is 2.32. The molecule has 1 fully saturated rings. The molecule has 2 aliphatic heterocycles. The number of nitrogens with zero attached hydrogens (tertiary/aromatic N) is 2. The van der Waals surface area contributed by atoms with E-state index >= 15 is 0 Å². The Labute approximate surface area is 168 Å². The lowest BCUT2D eigenvalue weighted by Crippen LogP contribution is -2.44. The number of carbonyl (C=O) groups is 3. The molecule has 28 heavy (non-hydrogen) atoms. The van der Waals surface area contributed by atoms with Gasteiger partial charge >= 0.3 is 0 Å². The van der Waals surface area contributed by atoms with Gasteiger partial charge in [0, 0.05) is 13.1 Å². The zero-order chi connectivity index (χ0) is 19.7. The number of rotatable bonds is 3. The van der Waals surface area contributed by atoms with Crippen LogP contribution in [0.5, 0.6) is 0 Å². The van der Waals surface area contributed by atoms with Crippen molar-refractivity contribution in [2.75, 3.05) is 13.1 Å². The molecule has 4 rings (SSSR count). The van der Waals surface area contributed by atoms with Gasteiger partial charge in [0.15, 0.2) is 0 Å². The number of fused-ring (bicyclic) bond motifs is 1. The highest BCUT2D eigenvalue weighted by Gasteiger charge is 2.37. The van der Waals surface area contributed by atoms with Gasteiger partial charge in [-0.25, -0.2) is 0 Å². The number of aryl methyl sites for hydroxylation is 1. The second kappa shape index (κ2) is 7.64. The lowest BCUT2D eigenvalue weighted by atomic mass is 10.00. The predicted octanol–water partition coefficient (Wildman–Crippen LogP) is 3.62. The zero-order valence-corrected chi connectivity index (χ0v) is 16.4. The fraction of sp³-hybridized carbons (Fsp3) is 0.227. The van der Waals surface area contributed by atoms with Crippen molar-refractivity contribution in [2.45, 2.75) is 19.9 Å². The van der Waals surface area contributed by atoms with Gasteiger partial charge in [0.2, 0.25) is 5.91 Å². The van der Waals surface area contributed by atoms with Crippen LogP contribution in [0.1, 0.15) is 22.3 Å². The molecule has 0 radical (unpaired) electrons. The van der Waals surface area contributed by atoms with Gasteiger partial charge in [0.05, 0.1) is 4.91 Å². The molecular formula is C22H20N2O3S. The van der Waals surface area contributed by atoms with Gasteiger partial charge in [-0.05, 0) is 53.4 Å². The Morgan fingerprint density at radius 2 is 1.79 bits per heavy atom. The Morgan fingerprint density at radius 3 is 2.57 bits per heavy atom. The molecule has 0 aliphatic carbocycles. The highest BCUT2D eigenvalue weighted by atomic mass is 32.2. The van der Waals surface area contributed by atoms with Crippen molar-refractivity contribution in [3.63, 3.8) is 0 Å². The molecule has 3 amide bonds. The Morgan fingerprint density at radius 1 is 1.07 bits per heavy atom. The molecule has 2 aliphatic rings. The van der Waals surface area contributed by atoms with Crippen LogP contribution < -0.4 is 0 Å². The second-order valence-electron chi connectivity index (χ2n) is 6.96. The molecular weight excluding hydrogens is 372 g/mol. The Balaban J connectivity index is 1.47. The third-order valence-corrected chi connectivity index (χ3v) is 6.03. The van der Waals surface area contributed by atoms with Crippen molar-refractivity contribution >= 4 is 34.9 Å². The summed E-state index contributed by atoms with van der Waals surface area (Å²) in [7, 11) is 0. The van der Waals surface area contributed by atoms with Gasteiger partial charge in [0.25, 0.3) is 11.1 Å².